The van der Waals surface area contributed by atoms with Crippen LogP contribution in [-0.2, 0) is 170 Å². The van der Waals surface area contributed by atoms with Gasteiger partial charge in [0.2, 0.25) is 0 Å². The summed E-state index contributed by atoms with van der Waals surface area (Å²) in [7, 11) is 0. The van der Waals surface area contributed by atoms with Crippen LogP contribution in [0.5, 0.6) is 0 Å². The largest absolute Gasteiger partial charge is 4.00 e. The molecular formula is C28H42Br2CoMn2Na2O28Zr2. The Morgan fingerprint density at radius 1 is 0.200 bits per heavy atom. The summed E-state index contributed by atoms with van der Waals surface area (Å²) < 4.78 is 0. The van der Waals surface area contributed by atoms with Crippen LogP contribution in [-0.4, -0.2) is 83.6 Å². The number of carbonyl (C=O) groups excluding carboxylic acids is 14. The molecule has 0 atom stereocenters. The average molecular weight is 1380 g/mol. The van der Waals surface area contributed by atoms with Crippen LogP contribution in [0.1, 0.15) is 96.9 Å². The summed E-state index contributed by atoms with van der Waals surface area (Å²) in [6.45, 7) is 13.6. The first-order chi connectivity index (χ1) is 24.2. The van der Waals surface area contributed by atoms with Crippen molar-refractivity contribution in [3.8, 4) is 0 Å². The molecule has 28 nitrogen and oxygen atoms in total. The number of aliphatic carboxylic acids is 14. The Kier molecular flexibility index (Phi) is 335. The Balaban J connectivity index is -0.0000000138. The van der Waals surface area contributed by atoms with Gasteiger partial charge in [-0.15, -0.1) is 0 Å². The van der Waals surface area contributed by atoms with E-state index < -0.39 is 83.6 Å². The monoisotopic (exact) mass is 1380 g/mol. The minimum Gasteiger partial charge on any atom is -1.00 e. The van der Waals surface area contributed by atoms with Crippen molar-refractivity contribution >= 4 is 83.6 Å². The molecule has 0 amide bonds. The van der Waals surface area contributed by atoms with Crippen LogP contribution < -0.4 is 165 Å². The van der Waals surface area contributed by atoms with E-state index in [1.807, 2.05) is 0 Å². The van der Waals surface area contributed by atoms with Crippen LogP contribution in [0.15, 0.2) is 0 Å². The first-order valence-electron chi connectivity index (χ1n) is 12.7. The van der Waals surface area contributed by atoms with Gasteiger partial charge in [-0.25, -0.2) is 0 Å². The first-order valence-corrected chi connectivity index (χ1v) is 12.7. The fourth-order valence-corrected chi connectivity index (χ4v) is 0. The second kappa shape index (κ2) is 144. The molecule has 0 N–H and O–H groups in total. The van der Waals surface area contributed by atoms with Crippen LogP contribution >= 0.6 is 0 Å². The summed E-state index contributed by atoms with van der Waals surface area (Å²) in [6, 6.07) is 0. The predicted octanol–water partition coefficient (Wildman–Crippen LogP) is -29.4. The molecule has 0 aliphatic carbocycles. The van der Waals surface area contributed by atoms with E-state index in [9.17, 15) is 0 Å². The summed E-state index contributed by atoms with van der Waals surface area (Å²) in [5.74, 6) is -15.2. The zero-order valence-corrected chi connectivity index (χ0v) is 52.8. The molecule has 369 valence electrons. The molecule has 0 fully saturated rings. The summed E-state index contributed by atoms with van der Waals surface area (Å²) in [6.07, 6.45) is 0. The standard InChI is InChI=1S/14C2H4O2.2BrH.Co.2Mn.2Na.2Zr/c14*1-2(3)4;;;;;;;;;/h14*1H3,(H,3,4);2*1H;;;;;;;/q;;;;;;;;;;;;;;;;3*+2;2*+1;2*+4/p-16. The van der Waals surface area contributed by atoms with Gasteiger partial charge in [0.15, 0.2) is 0 Å². The fourth-order valence-electron chi connectivity index (χ4n) is 0. The Morgan fingerprint density at radius 3 is 0.200 bits per heavy atom. The molecule has 0 heterocycles. The number of halogens is 2. The van der Waals surface area contributed by atoms with Crippen molar-refractivity contribution in [2.75, 3.05) is 0 Å². The molecular weight excluding hydrogens is 1340 g/mol. The van der Waals surface area contributed by atoms with Gasteiger partial charge in [-0.3, -0.25) is 0 Å². The molecule has 0 unspecified atom stereocenters. The van der Waals surface area contributed by atoms with Crippen molar-refractivity contribution < 1.29 is 335 Å². The van der Waals surface area contributed by atoms with Crippen LogP contribution in [0, 0.1) is 0 Å². The topological polar surface area (TPSA) is 562 Å². The number of hydrogen-bond donors (Lipinski definition) is 0. The van der Waals surface area contributed by atoms with E-state index in [1.54, 1.807) is 0 Å². The van der Waals surface area contributed by atoms with Gasteiger partial charge >= 0.3 is 162 Å². The van der Waals surface area contributed by atoms with Gasteiger partial charge in [0.1, 0.15) is 0 Å². The summed E-state index contributed by atoms with van der Waals surface area (Å²) in [5.41, 5.74) is 0. The second-order valence-corrected chi connectivity index (χ2v) is 6.88. The van der Waals surface area contributed by atoms with E-state index >= 15 is 0 Å². The van der Waals surface area contributed by atoms with E-state index in [2.05, 4.69) is 0 Å². The number of carboxylic acids is 14. The second-order valence-electron chi connectivity index (χ2n) is 6.88. The number of carbonyl (C=O) groups is 14. The van der Waals surface area contributed by atoms with Crippen molar-refractivity contribution in [3.05, 3.63) is 0 Å². The summed E-state index contributed by atoms with van der Waals surface area (Å²) in [4.78, 5) is 124. The molecule has 0 spiro atoms. The third-order valence-electron chi connectivity index (χ3n) is 0. The van der Waals surface area contributed by atoms with E-state index in [4.69, 9.17) is 139 Å². The minimum atomic E-state index is -1.08. The quantitative estimate of drug-likeness (QED) is 0.203. The number of hydrogen-bond acceptors (Lipinski definition) is 28. The van der Waals surface area contributed by atoms with Gasteiger partial charge in [-0.05, 0) is 96.9 Å². The van der Waals surface area contributed by atoms with Crippen molar-refractivity contribution in [3.63, 3.8) is 0 Å². The van der Waals surface area contributed by atoms with Crippen LogP contribution in [0.2, 0.25) is 0 Å². The molecule has 3 radical (unpaired) electrons. The van der Waals surface area contributed by atoms with Crippen molar-refractivity contribution in [1.82, 2.24) is 0 Å². The zero-order valence-electron chi connectivity index (χ0n) is 37.3. The van der Waals surface area contributed by atoms with Crippen LogP contribution in [0.25, 0.3) is 0 Å². The van der Waals surface area contributed by atoms with Crippen molar-refractivity contribution in [2.45, 2.75) is 96.9 Å². The molecule has 0 saturated heterocycles. The minimum absolute atomic E-state index is 0. The zero-order chi connectivity index (χ0) is 50.1. The molecule has 0 saturated carbocycles. The van der Waals surface area contributed by atoms with Crippen molar-refractivity contribution in [2.24, 2.45) is 0 Å². The molecule has 37 heteroatoms. The molecule has 0 bridgehead atoms. The Morgan fingerprint density at radius 2 is 0.200 bits per heavy atom. The van der Waals surface area contributed by atoms with Gasteiger partial charge in [0.25, 0.3) is 0 Å². The predicted molar refractivity (Wildman–Crippen MR) is 150 cm³/mol. The van der Waals surface area contributed by atoms with E-state index in [1.165, 1.54) is 0 Å². The Hall–Kier alpha value is -1.15. The Labute approximate surface area is 509 Å². The van der Waals surface area contributed by atoms with Gasteiger partial charge in [0.05, 0.1) is 0 Å². The molecule has 0 rings (SSSR count). The number of carboxylic acid groups (broad SMARTS) is 14. The maximum Gasteiger partial charge on any atom is 4.00 e. The molecule has 0 aromatic carbocycles. The van der Waals surface area contributed by atoms with Gasteiger partial charge in [0, 0.05) is 83.6 Å². The molecule has 0 aliphatic heterocycles. The molecule has 0 aromatic heterocycles. The smallest absolute Gasteiger partial charge is 1.00 e. The van der Waals surface area contributed by atoms with Gasteiger partial charge < -0.3 is 173 Å². The normalized spacial score (nSPS) is 5.38. The van der Waals surface area contributed by atoms with Crippen molar-refractivity contribution in [1.29, 1.82) is 0 Å². The first kappa shape index (κ1) is 151. The maximum atomic E-state index is 8.89. The summed E-state index contributed by atoms with van der Waals surface area (Å²) in [5, 5.41) is 124. The van der Waals surface area contributed by atoms with Gasteiger partial charge in [-0.2, -0.15) is 0 Å². The number of rotatable bonds is 0. The summed E-state index contributed by atoms with van der Waals surface area (Å²) >= 11 is 0. The van der Waals surface area contributed by atoms with Gasteiger partial charge in [-0.1, -0.05) is 0 Å². The third-order valence-corrected chi connectivity index (χ3v) is 0. The molecule has 0 aliphatic rings. The fraction of sp³-hybridized carbons (Fsp3) is 0.500. The Bertz CT molecular complexity index is 756. The SMILES string of the molecule is CC(=O)[O-].CC(=O)[O-].CC(=O)[O-].CC(=O)[O-].CC(=O)[O-].CC(=O)[O-].CC(=O)[O-].CC(=O)[O-].CC(=O)[O-].CC(=O)[O-].CC(=O)[O-].CC(=O)[O-].CC(=O)[O-].CC(=O)[O-].[Br-].[Br-].[Co+2].[Mn+2].[Mn+2].[Na+].[Na+].[Zr+4].[Zr+4]. The average Bonchev–Trinajstić information content (AvgIpc) is 2.73. The van der Waals surface area contributed by atoms with E-state index in [0.29, 0.717) is 0 Å². The van der Waals surface area contributed by atoms with E-state index in [0.717, 1.165) is 96.9 Å². The third kappa shape index (κ3) is 176000. The van der Waals surface area contributed by atoms with E-state index in [-0.39, 0.29) is 196 Å². The van der Waals surface area contributed by atoms with Crippen LogP contribution in [0.4, 0.5) is 0 Å². The van der Waals surface area contributed by atoms with Crippen LogP contribution in [0.3, 0.4) is 0 Å². The molecule has 65 heavy (non-hydrogen) atoms. The molecule has 0 aromatic rings. The maximum absolute atomic E-state index is 8.89.